The van der Waals surface area contributed by atoms with Crippen molar-refractivity contribution < 1.29 is 9.21 Å². The predicted molar refractivity (Wildman–Crippen MR) is 82.3 cm³/mol. The zero-order chi connectivity index (χ0) is 17.0. The Hall–Kier alpha value is -2.98. The van der Waals surface area contributed by atoms with Crippen molar-refractivity contribution in [1.82, 2.24) is 14.8 Å². The largest absolute Gasteiger partial charge is 0.444 e. The number of nitrogens with one attached hydrogen (secondary N) is 1. The van der Waals surface area contributed by atoms with Gasteiger partial charge in [0.2, 0.25) is 17.7 Å². The number of rotatable bonds is 5. The van der Waals surface area contributed by atoms with Gasteiger partial charge in [-0.2, -0.15) is 10.5 Å². The molecule has 0 atom stereocenters. The van der Waals surface area contributed by atoms with Gasteiger partial charge in [-0.1, -0.05) is 11.8 Å². The highest BCUT2D eigenvalue weighted by molar-refractivity contribution is 7.99. The second-order valence-corrected chi connectivity index (χ2v) is 5.46. The van der Waals surface area contributed by atoms with Gasteiger partial charge in [-0.25, -0.2) is 0 Å². The third-order valence-corrected chi connectivity index (χ3v) is 3.90. The molecule has 0 aliphatic heterocycles. The minimum Gasteiger partial charge on any atom is -0.444 e. The van der Waals surface area contributed by atoms with Gasteiger partial charge in [-0.15, -0.1) is 10.2 Å². The highest BCUT2D eigenvalue weighted by Gasteiger charge is 2.19. The molecule has 2 heterocycles. The molecule has 0 spiro atoms. The first kappa shape index (κ1) is 16.4. The minimum atomic E-state index is -0.444. The topological polar surface area (TPSA) is 147 Å². The van der Waals surface area contributed by atoms with Gasteiger partial charge in [-0.3, -0.25) is 14.7 Å². The zero-order valence-corrected chi connectivity index (χ0v) is 13.3. The van der Waals surface area contributed by atoms with Crippen LogP contribution in [-0.4, -0.2) is 26.4 Å². The van der Waals surface area contributed by atoms with E-state index in [1.807, 2.05) is 12.1 Å². The van der Waals surface area contributed by atoms with Crippen LogP contribution in [0.2, 0.25) is 0 Å². The van der Waals surface area contributed by atoms with Crippen molar-refractivity contribution in [3.05, 3.63) is 16.9 Å². The van der Waals surface area contributed by atoms with Crippen LogP contribution in [0.5, 0.6) is 0 Å². The fourth-order valence-corrected chi connectivity index (χ4v) is 2.42. The molecule has 0 saturated carbocycles. The van der Waals surface area contributed by atoms with Crippen molar-refractivity contribution in [3.63, 3.8) is 0 Å². The number of aromatic nitrogens is 3. The molecule has 0 aliphatic rings. The monoisotopic (exact) mass is 331 g/mol. The first-order valence-electron chi connectivity index (χ1n) is 6.46. The fourth-order valence-electron chi connectivity index (χ4n) is 1.81. The molecule has 118 valence electrons. The lowest BCUT2D eigenvalue weighted by Gasteiger charge is -2.07. The maximum absolute atomic E-state index is 12.2. The number of furan rings is 1. The number of aryl methyl sites for hydroxylation is 1. The maximum atomic E-state index is 12.2. The van der Waals surface area contributed by atoms with Crippen LogP contribution in [0.15, 0.2) is 9.57 Å². The zero-order valence-electron chi connectivity index (χ0n) is 12.5. The average molecular weight is 331 g/mol. The molecule has 3 N–H and O–H groups in total. The molecule has 0 fully saturated rings. The Morgan fingerprint density at radius 1 is 1.43 bits per heavy atom. The summed E-state index contributed by atoms with van der Waals surface area (Å²) in [6, 6.07) is 3.95. The Balaban J connectivity index is 2.15. The van der Waals surface area contributed by atoms with Crippen LogP contribution in [-0.2, 0) is 11.3 Å². The number of hydrogen-bond donors (Lipinski definition) is 2. The molecule has 2 aromatic rings. The van der Waals surface area contributed by atoms with E-state index < -0.39 is 5.91 Å². The summed E-state index contributed by atoms with van der Waals surface area (Å²) in [7, 11) is 0. The van der Waals surface area contributed by atoms with Gasteiger partial charge in [0.15, 0.2) is 5.16 Å². The first-order chi connectivity index (χ1) is 11.0. The molecule has 10 heteroatoms. The molecule has 2 rings (SSSR count). The van der Waals surface area contributed by atoms with E-state index in [4.69, 9.17) is 20.7 Å². The Labute approximate surface area is 136 Å². The summed E-state index contributed by atoms with van der Waals surface area (Å²) in [6.45, 7) is 3.29. The third kappa shape index (κ3) is 3.44. The van der Waals surface area contributed by atoms with E-state index in [9.17, 15) is 4.79 Å². The number of nitriles is 2. The second-order valence-electron chi connectivity index (χ2n) is 4.52. The number of hydrogen-bond acceptors (Lipinski definition) is 8. The lowest BCUT2D eigenvalue weighted by molar-refractivity contribution is -0.116. The van der Waals surface area contributed by atoms with Crippen LogP contribution in [0.1, 0.15) is 16.9 Å². The molecule has 0 aliphatic carbocycles. The van der Waals surface area contributed by atoms with Crippen molar-refractivity contribution in [3.8, 4) is 12.1 Å². The lowest BCUT2D eigenvalue weighted by Crippen LogP contribution is -2.20. The van der Waals surface area contributed by atoms with Gasteiger partial charge in [0.25, 0.3) is 0 Å². The second kappa shape index (κ2) is 6.85. The molecule has 0 unspecified atom stereocenters. The first-order valence-corrected chi connectivity index (χ1v) is 7.44. The molecular weight excluding hydrogens is 318 g/mol. The highest BCUT2D eigenvalue weighted by Crippen LogP contribution is 2.25. The summed E-state index contributed by atoms with van der Waals surface area (Å²) < 4.78 is 6.76. The number of nitrogen functional groups attached to an aromatic ring is 1. The van der Waals surface area contributed by atoms with E-state index in [2.05, 4.69) is 15.5 Å². The van der Waals surface area contributed by atoms with Gasteiger partial charge < -0.3 is 10.2 Å². The molecule has 2 aromatic heterocycles. The summed E-state index contributed by atoms with van der Waals surface area (Å²) in [5, 5.41) is 28.1. The number of nitrogens with two attached hydrogens (primary N) is 1. The van der Waals surface area contributed by atoms with Crippen molar-refractivity contribution >= 4 is 29.5 Å². The fraction of sp³-hybridized carbons (Fsp3) is 0.308. The number of carbonyl (C=O) groups is 1. The molecule has 0 saturated heterocycles. The van der Waals surface area contributed by atoms with Crippen molar-refractivity contribution in [1.29, 1.82) is 10.5 Å². The number of thioether (sulfide) groups is 1. The van der Waals surface area contributed by atoms with E-state index in [1.165, 1.54) is 4.57 Å². The van der Waals surface area contributed by atoms with E-state index >= 15 is 0 Å². The maximum Gasteiger partial charge on any atom is 0.246 e. The summed E-state index contributed by atoms with van der Waals surface area (Å²) >= 11 is 1.12. The number of nitrogens with zero attached hydrogens (tertiary/aromatic N) is 5. The van der Waals surface area contributed by atoms with Crippen LogP contribution < -0.4 is 11.1 Å². The van der Waals surface area contributed by atoms with Gasteiger partial charge >= 0.3 is 0 Å². The summed E-state index contributed by atoms with van der Waals surface area (Å²) in [6.07, 6.45) is 0. The van der Waals surface area contributed by atoms with E-state index in [-0.39, 0.29) is 29.7 Å². The van der Waals surface area contributed by atoms with Gasteiger partial charge in [0.05, 0.1) is 11.8 Å². The minimum absolute atomic E-state index is 0.0629. The smallest absolute Gasteiger partial charge is 0.246 e. The number of amides is 1. The van der Waals surface area contributed by atoms with Crippen molar-refractivity contribution in [2.75, 3.05) is 16.8 Å². The van der Waals surface area contributed by atoms with E-state index in [0.717, 1.165) is 11.8 Å². The predicted octanol–water partition coefficient (Wildman–Crippen LogP) is 1.20. The highest BCUT2D eigenvalue weighted by atomic mass is 32.2. The van der Waals surface area contributed by atoms with E-state index in [1.54, 1.807) is 13.8 Å². The molecule has 9 nitrogen and oxygen atoms in total. The van der Waals surface area contributed by atoms with Gasteiger partial charge in [0, 0.05) is 5.56 Å². The Kier molecular flexibility index (Phi) is 4.88. The Morgan fingerprint density at radius 3 is 2.83 bits per heavy atom. The average Bonchev–Trinajstić information content (AvgIpc) is 2.98. The van der Waals surface area contributed by atoms with Crippen LogP contribution in [0, 0.1) is 36.5 Å². The molecule has 23 heavy (non-hydrogen) atoms. The standard InChI is InChI=1S/C13H13N7O2S/c1-7-8(2)22-11(9(7)5-15)17-10(21)6-20-12(16)18-19-13(20)23-4-3-14/h4,6H2,1-2H3,(H2,16,18)(H,17,21). The van der Waals surface area contributed by atoms with Crippen LogP contribution in [0.3, 0.4) is 0 Å². The number of carbonyl (C=O) groups excluding carboxylic acids is 1. The quantitative estimate of drug-likeness (QED) is 0.777. The molecule has 0 bridgehead atoms. The summed E-state index contributed by atoms with van der Waals surface area (Å²) in [4.78, 5) is 12.2. The molecule has 1 amide bonds. The SMILES string of the molecule is Cc1oc(NC(=O)Cn2c(N)nnc2SCC#N)c(C#N)c1C. The van der Waals surface area contributed by atoms with E-state index in [0.29, 0.717) is 16.5 Å². The lowest BCUT2D eigenvalue weighted by atomic mass is 10.2. The third-order valence-electron chi connectivity index (χ3n) is 3.06. The summed E-state index contributed by atoms with van der Waals surface area (Å²) in [5.41, 5.74) is 6.64. The summed E-state index contributed by atoms with van der Waals surface area (Å²) in [5.74, 6) is 0.444. The number of anilines is 2. The Morgan fingerprint density at radius 2 is 2.17 bits per heavy atom. The molecule has 0 radical (unpaired) electrons. The van der Waals surface area contributed by atoms with Gasteiger partial charge in [-0.05, 0) is 13.8 Å². The molecular formula is C13H13N7O2S. The van der Waals surface area contributed by atoms with Crippen molar-refractivity contribution in [2.24, 2.45) is 0 Å². The molecule has 0 aromatic carbocycles. The van der Waals surface area contributed by atoms with Crippen LogP contribution in [0.25, 0.3) is 0 Å². The Bertz CT molecular complexity index is 825. The van der Waals surface area contributed by atoms with Crippen molar-refractivity contribution in [2.45, 2.75) is 25.5 Å². The van der Waals surface area contributed by atoms with Crippen LogP contribution in [0.4, 0.5) is 11.8 Å². The van der Waals surface area contributed by atoms with Gasteiger partial charge in [0.1, 0.15) is 23.9 Å². The van der Waals surface area contributed by atoms with Crippen LogP contribution >= 0.6 is 11.8 Å². The normalized spacial score (nSPS) is 10.1.